The van der Waals surface area contributed by atoms with Gasteiger partial charge in [0.1, 0.15) is 6.04 Å². The van der Waals surface area contributed by atoms with Crippen molar-refractivity contribution in [2.24, 2.45) is 5.92 Å². The average Bonchev–Trinajstić information content (AvgIpc) is 3.14. The van der Waals surface area contributed by atoms with Crippen molar-refractivity contribution in [2.45, 2.75) is 57.5 Å². The van der Waals surface area contributed by atoms with Crippen molar-refractivity contribution in [3.05, 3.63) is 34.9 Å². The number of halogens is 1. The third kappa shape index (κ3) is 4.36. The van der Waals surface area contributed by atoms with Gasteiger partial charge in [-0.3, -0.25) is 9.59 Å². The Balaban J connectivity index is 2.14. The first-order valence-corrected chi connectivity index (χ1v) is 9.29. The highest BCUT2D eigenvalue weighted by atomic mass is 35.5. The van der Waals surface area contributed by atoms with Crippen LogP contribution in [0, 0.1) is 5.92 Å². The Labute approximate surface area is 158 Å². The van der Waals surface area contributed by atoms with Crippen LogP contribution in [-0.2, 0) is 19.9 Å². The molecule has 1 saturated carbocycles. The van der Waals surface area contributed by atoms with Crippen LogP contribution in [0.1, 0.15) is 51.5 Å². The first-order valence-electron chi connectivity index (χ1n) is 8.92. The van der Waals surface area contributed by atoms with E-state index in [9.17, 15) is 19.5 Å². The van der Waals surface area contributed by atoms with E-state index in [0.29, 0.717) is 10.6 Å². The lowest BCUT2D eigenvalue weighted by Gasteiger charge is -2.31. The summed E-state index contributed by atoms with van der Waals surface area (Å²) in [5, 5.41) is 15.6. The van der Waals surface area contributed by atoms with Crippen LogP contribution < -0.4 is 10.6 Å². The number of aliphatic carboxylic acids is 1. The molecule has 1 aliphatic rings. The molecule has 0 saturated heterocycles. The van der Waals surface area contributed by atoms with E-state index < -0.39 is 23.5 Å². The first kappa shape index (κ1) is 20.2. The normalized spacial score (nSPS) is 18.0. The lowest BCUT2D eigenvalue weighted by molar-refractivity contribution is -0.148. The van der Waals surface area contributed by atoms with Crippen molar-refractivity contribution in [1.82, 2.24) is 10.6 Å². The molecule has 1 aromatic rings. The van der Waals surface area contributed by atoms with Gasteiger partial charge in [0.15, 0.2) is 5.54 Å². The lowest BCUT2D eigenvalue weighted by atomic mass is 9.87. The van der Waals surface area contributed by atoms with Gasteiger partial charge >= 0.3 is 5.97 Å². The highest BCUT2D eigenvalue weighted by Crippen LogP contribution is 2.28. The standard InChI is InChI=1S/C19H25ClN2O4/c1-3-19(18(25)26,14-8-10-15(20)11-9-14)22-16(23)12(2)21-17(24)13-6-4-5-7-13/h8-13H,3-7H2,1-2H3,(H,21,24)(H,22,23)(H,25,26). The third-order valence-electron chi connectivity index (χ3n) is 5.05. The molecule has 0 heterocycles. The summed E-state index contributed by atoms with van der Waals surface area (Å²) in [6, 6.07) is 5.52. The van der Waals surface area contributed by atoms with Crippen molar-refractivity contribution in [1.29, 1.82) is 0 Å². The summed E-state index contributed by atoms with van der Waals surface area (Å²) in [4.78, 5) is 36.8. The van der Waals surface area contributed by atoms with Gasteiger partial charge in [0.05, 0.1) is 0 Å². The van der Waals surface area contributed by atoms with Crippen molar-refractivity contribution < 1.29 is 19.5 Å². The molecule has 0 aliphatic heterocycles. The highest BCUT2D eigenvalue weighted by molar-refractivity contribution is 6.30. The molecule has 2 atom stereocenters. The van der Waals surface area contributed by atoms with Crippen LogP contribution in [0.25, 0.3) is 0 Å². The van der Waals surface area contributed by atoms with Crippen LogP contribution in [0.3, 0.4) is 0 Å². The zero-order valence-corrected chi connectivity index (χ0v) is 15.8. The van der Waals surface area contributed by atoms with Crippen LogP contribution in [0.4, 0.5) is 0 Å². The molecular weight excluding hydrogens is 356 g/mol. The molecule has 0 radical (unpaired) electrons. The molecule has 1 fully saturated rings. The number of carboxylic acid groups (broad SMARTS) is 1. The van der Waals surface area contributed by atoms with Crippen LogP contribution in [0.15, 0.2) is 24.3 Å². The summed E-state index contributed by atoms with van der Waals surface area (Å²) >= 11 is 5.88. The van der Waals surface area contributed by atoms with Crippen LogP contribution in [0.5, 0.6) is 0 Å². The van der Waals surface area contributed by atoms with Gasteiger partial charge in [0.2, 0.25) is 11.8 Å². The second-order valence-corrected chi connectivity index (χ2v) is 7.21. The molecule has 26 heavy (non-hydrogen) atoms. The Morgan fingerprint density at radius 1 is 1.23 bits per heavy atom. The number of carbonyl (C=O) groups excluding carboxylic acids is 2. The smallest absolute Gasteiger partial charge is 0.334 e. The summed E-state index contributed by atoms with van der Waals surface area (Å²) in [5.41, 5.74) is -1.15. The minimum absolute atomic E-state index is 0.0584. The molecule has 7 heteroatoms. The molecule has 0 spiro atoms. The molecule has 1 aromatic carbocycles. The first-order chi connectivity index (χ1) is 12.3. The monoisotopic (exact) mass is 380 g/mol. The summed E-state index contributed by atoms with van der Waals surface area (Å²) in [6.45, 7) is 3.25. The summed E-state index contributed by atoms with van der Waals surface area (Å²) in [5.74, 6) is -1.90. The fourth-order valence-corrected chi connectivity index (χ4v) is 3.46. The third-order valence-corrected chi connectivity index (χ3v) is 5.30. The maximum atomic E-state index is 12.6. The number of hydrogen-bond donors (Lipinski definition) is 3. The van der Waals surface area contributed by atoms with Crippen molar-refractivity contribution in [3.63, 3.8) is 0 Å². The van der Waals surface area contributed by atoms with Crippen molar-refractivity contribution in [2.75, 3.05) is 0 Å². The van der Waals surface area contributed by atoms with Gasteiger partial charge < -0.3 is 15.7 Å². The van der Waals surface area contributed by atoms with Crippen molar-refractivity contribution >= 4 is 29.4 Å². The topological polar surface area (TPSA) is 95.5 Å². The van der Waals surface area contributed by atoms with Crippen LogP contribution >= 0.6 is 11.6 Å². The van der Waals surface area contributed by atoms with Crippen LogP contribution in [-0.4, -0.2) is 28.9 Å². The average molecular weight is 381 g/mol. The van der Waals surface area contributed by atoms with E-state index in [1.54, 1.807) is 38.1 Å². The molecular formula is C19H25ClN2O4. The molecule has 1 aliphatic carbocycles. The molecule has 2 unspecified atom stereocenters. The number of nitrogens with one attached hydrogen (secondary N) is 2. The Morgan fingerprint density at radius 3 is 2.31 bits per heavy atom. The number of benzene rings is 1. The minimum Gasteiger partial charge on any atom is -0.479 e. The van der Waals surface area contributed by atoms with Crippen LogP contribution in [0.2, 0.25) is 5.02 Å². The van der Waals surface area contributed by atoms with E-state index in [1.165, 1.54) is 0 Å². The Bertz CT molecular complexity index is 671. The maximum Gasteiger partial charge on any atom is 0.334 e. The summed E-state index contributed by atoms with van der Waals surface area (Å²) in [7, 11) is 0. The van der Waals surface area contributed by atoms with Gasteiger partial charge in [-0.1, -0.05) is 43.5 Å². The lowest BCUT2D eigenvalue weighted by Crippen LogP contribution is -2.56. The number of carboxylic acids is 1. The largest absolute Gasteiger partial charge is 0.479 e. The zero-order valence-electron chi connectivity index (χ0n) is 15.0. The van der Waals surface area contributed by atoms with Crippen molar-refractivity contribution in [3.8, 4) is 0 Å². The fraction of sp³-hybridized carbons (Fsp3) is 0.526. The van der Waals surface area contributed by atoms with Gasteiger partial charge in [-0.15, -0.1) is 0 Å². The number of hydrogen-bond acceptors (Lipinski definition) is 3. The predicted octanol–water partition coefficient (Wildman–Crippen LogP) is 2.84. The van der Waals surface area contributed by atoms with Gasteiger partial charge in [-0.2, -0.15) is 0 Å². The van der Waals surface area contributed by atoms with Gasteiger partial charge in [0, 0.05) is 10.9 Å². The van der Waals surface area contributed by atoms with E-state index in [-0.39, 0.29) is 18.2 Å². The Kier molecular flexibility index (Phi) is 6.64. The highest BCUT2D eigenvalue weighted by Gasteiger charge is 2.41. The molecule has 2 amide bonds. The van der Waals surface area contributed by atoms with E-state index in [0.717, 1.165) is 25.7 Å². The fourth-order valence-electron chi connectivity index (χ4n) is 3.33. The summed E-state index contributed by atoms with van der Waals surface area (Å²) < 4.78 is 0. The molecule has 3 N–H and O–H groups in total. The van der Waals surface area contributed by atoms with Gasteiger partial charge in [0.25, 0.3) is 0 Å². The predicted molar refractivity (Wildman–Crippen MR) is 98.8 cm³/mol. The zero-order chi connectivity index (χ0) is 19.3. The van der Waals surface area contributed by atoms with E-state index >= 15 is 0 Å². The second-order valence-electron chi connectivity index (χ2n) is 6.77. The summed E-state index contributed by atoms with van der Waals surface area (Å²) in [6.07, 6.45) is 3.86. The number of amides is 2. The Morgan fingerprint density at radius 2 is 1.81 bits per heavy atom. The second kappa shape index (κ2) is 8.54. The van der Waals surface area contributed by atoms with E-state index in [4.69, 9.17) is 11.6 Å². The van der Waals surface area contributed by atoms with E-state index in [2.05, 4.69) is 10.6 Å². The molecule has 0 bridgehead atoms. The van der Waals surface area contributed by atoms with Gasteiger partial charge in [-0.25, -0.2) is 4.79 Å². The maximum absolute atomic E-state index is 12.6. The number of carbonyl (C=O) groups is 3. The molecule has 142 valence electrons. The quantitative estimate of drug-likeness (QED) is 0.677. The molecule has 6 nitrogen and oxygen atoms in total. The van der Waals surface area contributed by atoms with E-state index in [1.807, 2.05) is 0 Å². The molecule has 0 aromatic heterocycles. The minimum atomic E-state index is -1.58. The van der Waals surface area contributed by atoms with Gasteiger partial charge in [-0.05, 0) is 43.9 Å². The Hall–Kier alpha value is -2.08. The molecule has 2 rings (SSSR count). The SMILES string of the molecule is CCC(NC(=O)C(C)NC(=O)C1CCCC1)(C(=O)O)c1ccc(Cl)cc1. The number of rotatable bonds is 7.